The first-order valence-electron chi connectivity index (χ1n) is 4.80. The summed E-state index contributed by atoms with van der Waals surface area (Å²) in [6, 6.07) is 0. The van der Waals surface area contributed by atoms with Crippen molar-refractivity contribution >= 4 is 0 Å². The number of aryl methyl sites for hydroxylation is 1. The van der Waals surface area contributed by atoms with Crippen molar-refractivity contribution in [1.29, 1.82) is 0 Å². The van der Waals surface area contributed by atoms with Crippen molar-refractivity contribution in [2.24, 2.45) is 0 Å². The molecule has 0 saturated heterocycles. The summed E-state index contributed by atoms with van der Waals surface area (Å²) in [4.78, 5) is 8.73. The van der Waals surface area contributed by atoms with Crippen LogP contribution in [0.25, 0.3) is 0 Å². The second kappa shape index (κ2) is 3.42. The number of nitrogens with zero attached hydrogens (tertiary/aromatic N) is 2. The van der Waals surface area contributed by atoms with Gasteiger partial charge in [0.15, 0.2) is 0 Å². The minimum absolute atomic E-state index is 0.513. The molecule has 0 spiro atoms. The van der Waals surface area contributed by atoms with Crippen molar-refractivity contribution in [3.63, 3.8) is 0 Å². The van der Waals surface area contributed by atoms with Crippen LogP contribution in [0.15, 0.2) is 6.20 Å². The molecule has 0 saturated carbocycles. The first-order valence-corrected chi connectivity index (χ1v) is 4.80. The maximum absolute atomic E-state index is 4.50. The molecule has 1 aliphatic rings. The average Bonchev–Trinajstić information content (AvgIpc) is 2.29. The molecule has 70 valence electrons. The van der Waals surface area contributed by atoms with Gasteiger partial charge in [-0.15, -0.1) is 0 Å². The zero-order valence-electron chi connectivity index (χ0n) is 8.17. The molecule has 0 aliphatic carbocycles. The van der Waals surface area contributed by atoms with Gasteiger partial charge >= 0.3 is 0 Å². The second-order valence-corrected chi connectivity index (χ2v) is 3.68. The van der Waals surface area contributed by atoms with Gasteiger partial charge in [-0.2, -0.15) is 0 Å². The minimum Gasteiger partial charge on any atom is -0.316 e. The highest BCUT2D eigenvalue weighted by atomic mass is 14.9. The predicted octanol–water partition coefficient (Wildman–Crippen LogP) is 1.03. The Bertz CT molecular complexity index is 309. The first-order chi connectivity index (χ1) is 6.27. The van der Waals surface area contributed by atoms with Crippen molar-refractivity contribution < 1.29 is 0 Å². The van der Waals surface area contributed by atoms with E-state index in [0.717, 1.165) is 25.3 Å². The summed E-state index contributed by atoms with van der Waals surface area (Å²) in [7, 11) is 0. The fraction of sp³-hybridized carbons (Fsp3) is 0.600. The lowest BCUT2D eigenvalue weighted by molar-refractivity contribution is 0.634. The third kappa shape index (κ3) is 1.70. The van der Waals surface area contributed by atoms with E-state index in [9.17, 15) is 0 Å². The third-order valence-corrected chi connectivity index (χ3v) is 2.51. The highest BCUT2D eigenvalue weighted by Crippen LogP contribution is 2.19. The molecular formula is C10H15N3. The van der Waals surface area contributed by atoms with Gasteiger partial charge in [0.05, 0.1) is 5.69 Å². The molecule has 3 heteroatoms. The first kappa shape index (κ1) is 8.63. The summed E-state index contributed by atoms with van der Waals surface area (Å²) in [6.45, 7) is 6.24. The predicted molar refractivity (Wildman–Crippen MR) is 51.8 cm³/mol. The highest BCUT2D eigenvalue weighted by Gasteiger charge is 2.15. The van der Waals surface area contributed by atoms with E-state index in [0.29, 0.717) is 5.92 Å². The van der Waals surface area contributed by atoms with Crippen LogP contribution < -0.4 is 5.32 Å². The Labute approximate surface area is 78.6 Å². The van der Waals surface area contributed by atoms with E-state index in [4.69, 9.17) is 0 Å². The number of aromatic nitrogens is 2. The molecular weight excluding hydrogens is 162 g/mol. The maximum atomic E-state index is 4.50. The fourth-order valence-corrected chi connectivity index (χ4v) is 1.77. The zero-order valence-corrected chi connectivity index (χ0v) is 8.17. The van der Waals surface area contributed by atoms with Crippen molar-refractivity contribution in [2.45, 2.75) is 26.2 Å². The Morgan fingerprint density at radius 1 is 1.54 bits per heavy atom. The molecule has 0 aromatic carbocycles. The summed E-state index contributed by atoms with van der Waals surface area (Å²) in [6.07, 6.45) is 3.03. The topological polar surface area (TPSA) is 37.8 Å². The molecule has 0 amide bonds. The normalized spacial score (nSPS) is 22.2. The molecule has 2 rings (SSSR count). The smallest absolute Gasteiger partial charge is 0.125 e. The molecule has 1 aliphatic heterocycles. The molecule has 13 heavy (non-hydrogen) atoms. The number of nitrogens with one attached hydrogen (secondary N) is 1. The molecule has 1 N–H and O–H groups in total. The van der Waals surface area contributed by atoms with Crippen LogP contribution in [0.1, 0.15) is 29.9 Å². The number of rotatable bonds is 0. The standard InChI is InChI=1S/C10H15N3/c1-7-5-11-4-3-9-6-12-8(2)13-10(7)9/h6-7,11H,3-5H2,1-2H3. The van der Waals surface area contributed by atoms with E-state index in [1.165, 1.54) is 11.3 Å². The summed E-state index contributed by atoms with van der Waals surface area (Å²) in [5.41, 5.74) is 2.54. The van der Waals surface area contributed by atoms with Gasteiger partial charge in [0, 0.05) is 18.7 Å². The van der Waals surface area contributed by atoms with E-state index in [1.54, 1.807) is 0 Å². The van der Waals surface area contributed by atoms with Gasteiger partial charge in [0.1, 0.15) is 5.82 Å². The Morgan fingerprint density at radius 2 is 2.38 bits per heavy atom. The van der Waals surface area contributed by atoms with Gasteiger partial charge in [-0.25, -0.2) is 9.97 Å². The van der Waals surface area contributed by atoms with Crippen molar-refractivity contribution in [3.05, 3.63) is 23.3 Å². The average molecular weight is 177 g/mol. The summed E-state index contributed by atoms with van der Waals surface area (Å²) >= 11 is 0. The van der Waals surface area contributed by atoms with Crippen LogP contribution >= 0.6 is 0 Å². The summed E-state index contributed by atoms with van der Waals surface area (Å²) in [5.74, 6) is 1.40. The number of hydrogen-bond acceptors (Lipinski definition) is 3. The van der Waals surface area contributed by atoms with E-state index in [2.05, 4.69) is 22.2 Å². The Kier molecular flexibility index (Phi) is 2.27. The van der Waals surface area contributed by atoms with E-state index in [1.807, 2.05) is 13.1 Å². The fourth-order valence-electron chi connectivity index (χ4n) is 1.77. The SMILES string of the molecule is Cc1ncc2c(n1)C(C)CNCC2. The third-order valence-electron chi connectivity index (χ3n) is 2.51. The largest absolute Gasteiger partial charge is 0.316 e. The molecule has 1 aromatic heterocycles. The number of fused-ring (bicyclic) bond motifs is 1. The van der Waals surface area contributed by atoms with E-state index >= 15 is 0 Å². The van der Waals surface area contributed by atoms with Crippen molar-refractivity contribution in [2.75, 3.05) is 13.1 Å². The van der Waals surface area contributed by atoms with Crippen LogP contribution in [0.5, 0.6) is 0 Å². The van der Waals surface area contributed by atoms with Gasteiger partial charge in [-0.1, -0.05) is 6.92 Å². The van der Waals surface area contributed by atoms with Gasteiger partial charge in [0.25, 0.3) is 0 Å². The monoisotopic (exact) mass is 177 g/mol. The Hall–Kier alpha value is -0.960. The van der Waals surface area contributed by atoms with Crippen LogP contribution in [-0.4, -0.2) is 23.1 Å². The van der Waals surface area contributed by atoms with Gasteiger partial charge in [-0.3, -0.25) is 0 Å². The molecule has 0 fully saturated rings. The molecule has 1 aromatic rings. The lowest BCUT2D eigenvalue weighted by Gasteiger charge is -2.10. The summed E-state index contributed by atoms with van der Waals surface area (Å²) < 4.78 is 0. The van der Waals surface area contributed by atoms with Crippen LogP contribution in [-0.2, 0) is 6.42 Å². The molecule has 2 heterocycles. The lowest BCUT2D eigenvalue weighted by Crippen LogP contribution is -2.18. The lowest BCUT2D eigenvalue weighted by atomic mass is 10.0. The van der Waals surface area contributed by atoms with Crippen LogP contribution in [0.4, 0.5) is 0 Å². The minimum atomic E-state index is 0.513. The Balaban J connectivity index is 2.43. The molecule has 0 radical (unpaired) electrons. The van der Waals surface area contributed by atoms with Crippen LogP contribution in [0, 0.1) is 6.92 Å². The van der Waals surface area contributed by atoms with Crippen molar-refractivity contribution in [1.82, 2.24) is 15.3 Å². The Morgan fingerprint density at radius 3 is 3.23 bits per heavy atom. The highest BCUT2D eigenvalue weighted by molar-refractivity contribution is 5.23. The van der Waals surface area contributed by atoms with Gasteiger partial charge in [0.2, 0.25) is 0 Å². The quantitative estimate of drug-likeness (QED) is 0.643. The molecule has 1 unspecified atom stereocenters. The number of hydrogen-bond donors (Lipinski definition) is 1. The zero-order chi connectivity index (χ0) is 9.26. The van der Waals surface area contributed by atoms with Gasteiger partial charge in [-0.05, 0) is 25.5 Å². The van der Waals surface area contributed by atoms with Crippen LogP contribution in [0.2, 0.25) is 0 Å². The van der Waals surface area contributed by atoms with Gasteiger partial charge < -0.3 is 5.32 Å². The van der Waals surface area contributed by atoms with Crippen LogP contribution in [0.3, 0.4) is 0 Å². The molecule has 0 bridgehead atoms. The molecule has 1 atom stereocenters. The summed E-state index contributed by atoms with van der Waals surface area (Å²) in [5, 5.41) is 3.40. The van der Waals surface area contributed by atoms with E-state index in [-0.39, 0.29) is 0 Å². The van der Waals surface area contributed by atoms with E-state index < -0.39 is 0 Å². The maximum Gasteiger partial charge on any atom is 0.125 e. The molecule has 3 nitrogen and oxygen atoms in total. The van der Waals surface area contributed by atoms with Crippen molar-refractivity contribution in [3.8, 4) is 0 Å². The second-order valence-electron chi connectivity index (χ2n) is 3.68.